The van der Waals surface area contributed by atoms with E-state index in [-0.39, 0.29) is 42.3 Å². The van der Waals surface area contributed by atoms with Crippen molar-refractivity contribution in [2.45, 2.75) is 78.3 Å². The van der Waals surface area contributed by atoms with E-state index in [1.165, 1.54) is 0 Å². The molecule has 3 aromatic carbocycles. The van der Waals surface area contributed by atoms with Crippen LogP contribution in [0.15, 0.2) is 66.7 Å². The van der Waals surface area contributed by atoms with Gasteiger partial charge in [-0.1, -0.05) is 64.1 Å². The standard InChI is InChI=1S/C42H59N5O6/c1-26-23-42(4,5)27(2)19-35(26)45-41(51)38-37(28(3)49)36(25-48)53-47(38)24-29-13-12-16-34(39(29)52-8)30-20-31(22-33(21-30)46(6)7)40(50)44-18-17-43-32-14-10-9-11-15-32/h9-16,20-22,26-28,35-38,43,48-49H,17-19,23-25H2,1-8H3,(H,44,50)(H,45,51)/t26-,27+,28-,35-,36-,37+,38-/m0/s1. The Morgan fingerprint density at radius 2 is 1.79 bits per heavy atom. The van der Waals surface area contributed by atoms with Gasteiger partial charge in [0.05, 0.1) is 26.4 Å². The summed E-state index contributed by atoms with van der Waals surface area (Å²) >= 11 is 0. The first kappa shape index (κ1) is 40.0. The lowest BCUT2D eigenvalue weighted by atomic mass is 9.64. The van der Waals surface area contributed by atoms with Crippen LogP contribution in [0.4, 0.5) is 11.4 Å². The number of hydroxylamine groups is 2. The van der Waals surface area contributed by atoms with E-state index in [4.69, 9.17) is 9.57 Å². The number of carbonyl (C=O) groups excluding carboxylic acids is 2. The van der Waals surface area contributed by atoms with Crippen LogP contribution in [-0.4, -0.2) is 92.3 Å². The third-order valence-corrected chi connectivity index (χ3v) is 11.3. The summed E-state index contributed by atoms with van der Waals surface area (Å²) in [4.78, 5) is 35.9. The molecule has 1 heterocycles. The number of anilines is 2. The van der Waals surface area contributed by atoms with Crippen molar-refractivity contribution in [3.63, 3.8) is 0 Å². The van der Waals surface area contributed by atoms with E-state index in [1.807, 2.05) is 85.7 Å². The number of nitrogens with zero attached hydrogens (tertiary/aromatic N) is 2. The number of benzene rings is 3. The van der Waals surface area contributed by atoms with E-state index in [1.54, 1.807) is 19.1 Å². The zero-order valence-corrected chi connectivity index (χ0v) is 32.6. The minimum absolute atomic E-state index is 0.0106. The Hall–Kier alpha value is -4.16. The van der Waals surface area contributed by atoms with Gasteiger partial charge in [-0.25, -0.2) is 0 Å². The summed E-state index contributed by atoms with van der Waals surface area (Å²) in [5.41, 5.74) is 4.85. The number of methoxy groups -OCH3 is 1. The molecule has 5 rings (SSSR count). The van der Waals surface area contributed by atoms with Crippen molar-refractivity contribution >= 4 is 23.2 Å². The third kappa shape index (κ3) is 9.32. The highest BCUT2D eigenvalue weighted by Crippen LogP contribution is 2.44. The second-order valence-corrected chi connectivity index (χ2v) is 15.8. The van der Waals surface area contributed by atoms with E-state index in [0.717, 1.165) is 40.9 Å². The van der Waals surface area contributed by atoms with Gasteiger partial charge in [0.25, 0.3) is 5.91 Å². The summed E-state index contributed by atoms with van der Waals surface area (Å²) in [5.74, 6) is 0.221. The molecule has 0 aromatic heterocycles. The highest BCUT2D eigenvalue weighted by atomic mass is 16.7. The highest BCUT2D eigenvalue weighted by Gasteiger charge is 2.50. The maximum Gasteiger partial charge on any atom is 0.251 e. The van der Waals surface area contributed by atoms with Crippen LogP contribution in [-0.2, 0) is 16.2 Å². The maximum absolute atomic E-state index is 14.2. The first-order valence-electron chi connectivity index (χ1n) is 18.8. The molecule has 0 spiro atoms. The molecular formula is C42H59N5O6. The molecule has 1 aliphatic heterocycles. The van der Waals surface area contributed by atoms with Crippen LogP contribution in [0.2, 0.25) is 0 Å². The van der Waals surface area contributed by atoms with Crippen molar-refractivity contribution in [1.29, 1.82) is 0 Å². The fourth-order valence-electron chi connectivity index (χ4n) is 7.99. The van der Waals surface area contributed by atoms with Gasteiger partial charge < -0.3 is 35.8 Å². The molecule has 1 aliphatic carbocycles. The molecule has 0 radical (unpaired) electrons. The van der Waals surface area contributed by atoms with Crippen molar-refractivity contribution in [2.75, 3.05) is 51.1 Å². The Balaban J connectivity index is 1.40. The minimum atomic E-state index is -0.907. The molecule has 1 saturated carbocycles. The van der Waals surface area contributed by atoms with Crippen LogP contribution < -0.4 is 25.6 Å². The molecule has 7 atom stereocenters. The summed E-state index contributed by atoms with van der Waals surface area (Å²) in [7, 11) is 5.46. The van der Waals surface area contributed by atoms with Crippen LogP contribution in [0.3, 0.4) is 0 Å². The topological polar surface area (TPSA) is 136 Å². The molecule has 0 unspecified atom stereocenters. The molecule has 3 aromatic rings. The molecule has 11 nitrogen and oxygen atoms in total. The Bertz CT molecular complexity index is 1700. The average Bonchev–Trinajstić information content (AvgIpc) is 3.51. The number of rotatable bonds is 14. The van der Waals surface area contributed by atoms with E-state index in [2.05, 4.69) is 43.6 Å². The van der Waals surface area contributed by atoms with Gasteiger partial charge in [0.2, 0.25) is 5.91 Å². The van der Waals surface area contributed by atoms with Gasteiger partial charge in [-0.15, -0.1) is 0 Å². The van der Waals surface area contributed by atoms with Crippen molar-refractivity contribution in [1.82, 2.24) is 15.7 Å². The van der Waals surface area contributed by atoms with Crippen molar-refractivity contribution in [2.24, 2.45) is 23.2 Å². The minimum Gasteiger partial charge on any atom is -0.496 e. The number of aliphatic hydroxyl groups is 2. The monoisotopic (exact) mass is 729 g/mol. The molecule has 1 saturated heterocycles. The Morgan fingerprint density at radius 3 is 2.45 bits per heavy atom. The predicted molar refractivity (Wildman–Crippen MR) is 210 cm³/mol. The second-order valence-electron chi connectivity index (χ2n) is 15.8. The zero-order valence-electron chi connectivity index (χ0n) is 32.6. The third-order valence-electron chi connectivity index (χ3n) is 11.3. The zero-order chi connectivity index (χ0) is 38.4. The number of carbonyl (C=O) groups is 2. The van der Waals surface area contributed by atoms with Gasteiger partial charge in [0.15, 0.2) is 0 Å². The molecule has 2 aliphatic rings. The van der Waals surface area contributed by atoms with Gasteiger partial charge in [-0.2, -0.15) is 5.06 Å². The van der Waals surface area contributed by atoms with Crippen molar-refractivity contribution in [3.05, 3.63) is 77.9 Å². The molecule has 2 amide bonds. The summed E-state index contributed by atoms with van der Waals surface area (Å²) in [5, 5.41) is 32.5. The van der Waals surface area contributed by atoms with E-state index in [0.29, 0.717) is 30.3 Å². The van der Waals surface area contributed by atoms with Gasteiger partial charge in [0.1, 0.15) is 17.9 Å². The predicted octanol–water partition coefficient (Wildman–Crippen LogP) is 5.32. The van der Waals surface area contributed by atoms with E-state index in [9.17, 15) is 19.8 Å². The SMILES string of the molecule is COc1c(CN2O[C@@H](CO)[C@@H]([C@H](C)O)[C@H]2C(=O)N[C@H]2C[C@@H](C)C(C)(C)C[C@@H]2C)cccc1-c1cc(C(=O)NCCNc2ccccc2)cc(N(C)C)c1. The molecule has 2 fully saturated rings. The number of ether oxygens (including phenoxy) is 1. The number of para-hydroxylation sites is 2. The fourth-order valence-corrected chi connectivity index (χ4v) is 7.99. The number of aliphatic hydroxyl groups excluding tert-OH is 2. The van der Waals surface area contributed by atoms with Crippen molar-refractivity contribution in [3.8, 4) is 16.9 Å². The van der Waals surface area contributed by atoms with Crippen LogP contribution >= 0.6 is 0 Å². The quantitative estimate of drug-likeness (QED) is 0.140. The molecule has 11 heteroatoms. The fraction of sp³-hybridized carbons (Fsp3) is 0.524. The lowest BCUT2D eigenvalue weighted by Gasteiger charge is -2.45. The number of amides is 2. The summed E-state index contributed by atoms with van der Waals surface area (Å²) in [6.07, 6.45) is 0.192. The van der Waals surface area contributed by atoms with E-state index < -0.39 is 24.2 Å². The second kappa shape index (κ2) is 17.3. The lowest BCUT2D eigenvalue weighted by molar-refractivity contribution is -0.182. The first-order chi connectivity index (χ1) is 25.2. The summed E-state index contributed by atoms with van der Waals surface area (Å²) < 4.78 is 6.05. The Kier molecular flexibility index (Phi) is 13.1. The summed E-state index contributed by atoms with van der Waals surface area (Å²) in [6.45, 7) is 11.5. The normalized spacial score (nSPS) is 24.6. The molecular weight excluding hydrogens is 670 g/mol. The molecule has 288 valence electrons. The van der Waals surface area contributed by atoms with Gasteiger partial charge in [0, 0.05) is 67.2 Å². The van der Waals surface area contributed by atoms with Gasteiger partial charge >= 0.3 is 0 Å². The van der Waals surface area contributed by atoms with E-state index >= 15 is 0 Å². The highest BCUT2D eigenvalue weighted by molar-refractivity contribution is 5.97. The largest absolute Gasteiger partial charge is 0.496 e. The van der Waals surface area contributed by atoms with Gasteiger partial charge in [-0.3, -0.25) is 14.4 Å². The average molecular weight is 730 g/mol. The first-order valence-corrected chi connectivity index (χ1v) is 18.8. The number of hydrogen-bond acceptors (Lipinski definition) is 9. The Morgan fingerprint density at radius 1 is 1.06 bits per heavy atom. The summed E-state index contributed by atoms with van der Waals surface area (Å²) in [6, 6.07) is 20.5. The van der Waals surface area contributed by atoms with Crippen LogP contribution in [0, 0.1) is 23.2 Å². The van der Waals surface area contributed by atoms with Crippen molar-refractivity contribution < 1.29 is 29.4 Å². The smallest absolute Gasteiger partial charge is 0.251 e. The van der Waals surface area contributed by atoms with Crippen LogP contribution in [0.1, 0.15) is 63.4 Å². The Labute approximate surface area is 315 Å². The molecule has 5 N–H and O–H groups in total. The number of hydrogen-bond donors (Lipinski definition) is 5. The maximum atomic E-state index is 14.2. The molecule has 53 heavy (non-hydrogen) atoms. The van der Waals surface area contributed by atoms with Gasteiger partial charge in [-0.05, 0) is 72.9 Å². The van der Waals surface area contributed by atoms with Crippen LogP contribution in [0.5, 0.6) is 5.75 Å². The van der Waals surface area contributed by atoms with Crippen LogP contribution in [0.25, 0.3) is 11.1 Å². The lowest BCUT2D eigenvalue weighted by Crippen LogP contribution is -2.55. The number of nitrogens with one attached hydrogen (secondary N) is 3. The molecule has 0 bridgehead atoms.